The Hall–Kier alpha value is -0.550. The molecule has 6 heteroatoms. The van der Waals surface area contributed by atoms with E-state index in [0.29, 0.717) is 5.69 Å². The van der Waals surface area contributed by atoms with Crippen LogP contribution in [0.2, 0.25) is 10.0 Å². The smallest absolute Gasteiger partial charge is 0.126 e. The molecule has 0 aliphatic carbocycles. The van der Waals surface area contributed by atoms with Gasteiger partial charge in [0.2, 0.25) is 0 Å². The molecule has 15 heavy (non-hydrogen) atoms. The van der Waals surface area contributed by atoms with Gasteiger partial charge in [0.25, 0.3) is 0 Å². The van der Waals surface area contributed by atoms with Crippen molar-refractivity contribution in [1.29, 1.82) is 0 Å². The lowest BCUT2D eigenvalue weighted by Gasteiger charge is -2.13. The summed E-state index contributed by atoms with van der Waals surface area (Å²) in [6.45, 7) is -0.287. The molecule has 0 aliphatic heterocycles. The second-order valence-corrected chi connectivity index (χ2v) is 3.78. The van der Waals surface area contributed by atoms with Gasteiger partial charge in [-0.25, -0.2) is 4.39 Å². The summed E-state index contributed by atoms with van der Waals surface area (Å²) < 4.78 is 12.8. The Bertz CT molecular complexity index is 326. The third-order valence-corrected chi connectivity index (χ3v) is 2.33. The third kappa shape index (κ3) is 3.50. The van der Waals surface area contributed by atoms with Crippen LogP contribution in [0.15, 0.2) is 12.1 Å². The van der Waals surface area contributed by atoms with E-state index in [1.165, 1.54) is 0 Å². The first-order valence-electron chi connectivity index (χ1n) is 4.22. The molecule has 0 unspecified atom stereocenters. The lowest BCUT2D eigenvalue weighted by atomic mass is 10.3. The van der Waals surface area contributed by atoms with Gasteiger partial charge in [0.15, 0.2) is 0 Å². The molecule has 0 bridgehead atoms. The van der Waals surface area contributed by atoms with Crippen LogP contribution < -0.4 is 5.32 Å². The fourth-order valence-electron chi connectivity index (χ4n) is 0.996. The first-order valence-corrected chi connectivity index (χ1v) is 4.97. The molecule has 1 aromatic rings. The zero-order valence-corrected chi connectivity index (χ0v) is 9.19. The molecule has 0 saturated carbocycles. The van der Waals surface area contributed by atoms with Gasteiger partial charge >= 0.3 is 0 Å². The Kier molecular flexibility index (Phi) is 4.60. The van der Waals surface area contributed by atoms with Gasteiger partial charge in [-0.1, -0.05) is 23.2 Å². The predicted octanol–water partition coefficient (Wildman–Crippen LogP) is 1.90. The molecular formula is C9H10Cl2FNO2. The van der Waals surface area contributed by atoms with Crippen LogP contribution in [0.3, 0.4) is 0 Å². The summed E-state index contributed by atoms with van der Waals surface area (Å²) in [5.74, 6) is -0.529. The molecule has 1 atom stereocenters. The molecule has 0 spiro atoms. The number of halogens is 3. The first-order chi connectivity index (χ1) is 7.04. The largest absolute Gasteiger partial charge is 0.394 e. The van der Waals surface area contributed by atoms with E-state index in [0.717, 1.165) is 12.1 Å². The Labute approximate surface area is 96.4 Å². The molecule has 0 radical (unpaired) electrons. The summed E-state index contributed by atoms with van der Waals surface area (Å²) in [4.78, 5) is 0. The van der Waals surface area contributed by atoms with Crippen molar-refractivity contribution in [3.05, 3.63) is 28.0 Å². The topological polar surface area (TPSA) is 52.5 Å². The van der Waals surface area contributed by atoms with Crippen molar-refractivity contribution in [3.8, 4) is 0 Å². The maximum atomic E-state index is 12.8. The number of hydrogen-bond donors (Lipinski definition) is 3. The van der Waals surface area contributed by atoms with E-state index >= 15 is 0 Å². The molecule has 0 heterocycles. The van der Waals surface area contributed by atoms with Crippen LogP contribution >= 0.6 is 23.2 Å². The number of rotatable bonds is 4. The van der Waals surface area contributed by atoms with Crippen LogP contribution in [0.25, 0.3) is 0 Å². The number of nitrogens with one attached hydrogen (secondary N) is 1. The Morgan fingerprint density at radius 2 is 1.87 bits per heavy atom. The molecule has 0 amide bonds. The Balaban J connectivity index is 2.77. The summed E-state index contributed by atoms with van der Waals surface area (Å²) in [5, 5.41) is 20.6. The molecule has 0 aliphatic rings. The summed E-state index contributed by atoms with van der Waals surface area (Å²) in [6.07, 6.45) is -0.915. The average molecular weight is 254 g/mol. The van der Waals surface area contributed by atoms with Crippen LogP contribution in [0.1, 0.15) is 0 Å². The molecule has 84 valence electrons. The maximum Gasteiger partial charge on any atom is 0.126 e. The summed E-state index contributed by atoms with van der Waals surface area (Å²) in [7, 11) is 0. The van der Waals surface area contributed by atoms with Crippen LogP contribution in [-0.4, -0.2) is 29.5 Å². The molecule has 0 saturated heterocycles. The van der Waals surface area contributed by atoms with E-state index in [-0.39, 0.29) is 23.2 Å². The van der Waals surface area contributed by atoms with Crippen molar-refractivity contribution in [2.75, 3.05) is 18.5 Å². The molecule has 1 aromatic carbocycles. The van der Waals surface area contributed by atoms with Gasteiger partial charge in [0.1, 0.15) is 5.82 Å². The molecule has 3 nitrogen and oxygen atoms in total. The number of aliphatic hydroxyl groups excluding tert-OH is 2. The van der Waals surface area contributed by atoms with E-state index in [2.05, 4.69) is 5.32 Å². The summed E-state index contributed by atoms with van der Waals surface area (Å²) >= 11 is 11.5. The standard InChI is InChI=1S/C9H10Cl2FNO2/c10-7-1-5(12)2-8(11)9(7)13-3-6(15)4-14/h1-2,6,13-15H,3-4H2/t6-/m0/s1. The summed E-state index contributed by atoms with van der Waals surface area (Å²) in [5.41, 5.74) is 0.340. The first kappa shape index (κ1) is 12.5. The monoisotopic (exact) mass is 253 g/mol. The number of anilines is 1. The fraction of sp³-hybridized carbons (Fsp3) is 0.333. The minimum atomic E-state index is -0.915. The van der Waals surface area contributed by atoms with E-state index in [4.69, 9.17) is 33.4 Å². The zero-order valence-electron chi connectivity index (χ0n) is 7.67. The van der Waals surface area contributed by atoms with Gasteiger partial charge in [-0.2, -0.15) is 0 Å². The van der Waals surface area contributed by atoms with E-state index < -0.39 is 11.9 Å². The van der Waals surface area contributed by atoms with E-state index in [1.807, 2.05) is 0 Å². The van der Waals surface area contributed by atoms with Crippen molar-refractivity contribution in [3.63, 3.8) is 0 Å². The van der Waals surface area contributed by atoms with Crippen LogP contribution in [-0.2, 0) is 0 Å². The van der Waals surface area contributed by atoms with Gasteiger partial charge in [0.05, 0.1) is 28.4 Å². The van der Waals surface area contributed by atoms with E-state index in [1.54, 1.807) is 0 Å². The number of aliphatic hydroxyl groups is 2. The van der Waals surface area contributed by atoms with E-state index in [9.17, 15) is 4.39 Å². The quantitative estimate of drug-likeness (QED) is 0.769. The van der Waals surface area contributed by atoms with Crippen molar-refractivity contribution in [1.82, 2.24) is 0 Å². The molecule has 3 N–H and O–H groups in total. The highest BCUT2D eigenvalue weighted by molar-refractivity contribution is 6.39. The Morgan fingerprint density at radius 3 is 2.33 bits per heavy atom. The van der Waals surface area contributed by atoms with Crippen molar-refractivity contribution in [2.45, 2.75) is 6.10 Å². The third-order valence-electron chi connectivity index (χ3n) is 1.73. The predicted molar refractivity (Wildman–Crippen MR) is 58.0 cm³/mol. The zero-order chi connectivity index (χ0) is 11.4. The SMILES string of the molecule is OC[C@@H](O)CNc1c(Cl)cc(F)cc1Cl. The molecular weight excluding hydrogens is 244 g/mol. The lowest BCUT2D eigenvalue weighted by molar-refractivity contribution is 0.105. The minimum absolute atomic E-state index is 0.0849. The molecule has 0 fully saturated rings. The van der Waals surface area contributed by atoms with Crippen LogP contribution in [0.5, 0.6) is 0 Å². The molecule has 1 rings (SSSR count). The van der Waals surface area contributed by atoms with Gasteiger partial charge in [0, 0.05) is 6.54 Å². The lowest BCUT2D eigenvalue weighted by Crippen LogP contribution is -2.23. The Morgan fingerprint density at radius 1 is 1.33 bits per heavy atom. The highest BCUT2D eigenvalue weighted by Gasteiger charge is 2.09. The van der Waals surface area contributed by atoms with Gasteiger partial charge in [-0.3, -0.25) is 0 Å². The summed E-state index contributed by atoms with van der Waals surface area (Å²) in [6, 6.07) is 2.22. The maximum absolute atomic E-state index is 12.8. The van der Waals surface area contributed by atoms with Crippen LogP contribution in [0, 0.1) is 5.82 Å². The minimum Gasteiger partial charge on any atom is -0.394 e. The highest BCUT2D eigenvalue weighted by Crippen LogP contribution is 2.31. The number of hydrogen-bond acceptors (Lipinski definition) is 3. The second kappa shape index (κ2) is 5.51. The normalized spacial score (nSPS) is 12.6. The van der Waals surface area contributed by atoms with Gasteiger partial charge in [-0.15, -0.1) is 0 Å². The second-order valence-electron chi connectivity index (χ2n) is 2.96. The van der Waals surface area contributed by atoms with Crippen molar-refractivity contribution < 1.29 is 14.6 Å². The van der Waals surface area contributed by atoms with Gasteiger partial charge < -0.3 is 15.5 Å². The fourth-order valence-corrected chi connectivity index (χ4v) is 1.59. The van der Waals surface area contributed by atoms with Crippen molar-refractivity contribution in [2.24, 2.45) is 0 Å². The number of benzene rings is 1. The van der Waals surface area contributed by atoms with Gasteiger partial charge in [-0.05, 0) is 12.1 Å². The average Bonchev–Trinajstić information content (AvgIpc) is 2.15. The molecule has 0 aromatic heterocycles. The highest BCUT2D eigenvalue weighted by atomic mass is 35.5. The van der Waals surface area contributed by atoms with Crippen molar-refractivity contribution >= 4 is 28.9 Å². The van der Waals surface area contributed by atoms with Crippen LogP contribution in [0.4, 0.5) is 10.1 Å².